The fraction of sp³-hybridized carbons (Fsp3) is 0.538. The number of unbranched alkanes of at least 4 members (excludes halogenated alkanes) is 1. The molecule has 0 aromatic heterocycles. The Bertz CT molecular complexity index is 319. The van der Waals surface area contributed by atoms with E-state index in [1.165, 1.54) is 0 Å². The fourth-order valence-electron chi connectivity index (χ4n) is 1.65. The van der Waals surface area contributed by atoms with Gasteiger partial charge in [-0.15, -0.1) is 0 Å². The van der Waals surface area contributed by atoms with E-state index < -0.39 is 0 Å². The van der Waals surface area contributed by atoms with Crippen molar-refractivity contribution in [2.75, 3.05) is 6.61 Å². The van der Waals surface area contributed by atoms with E-state index in [-0.39, 0.29) is 0 Å². The predicted molar refractivity (Wildman–Crippen MR) is 62.6 cm³/mol. The first kappa shape index (κ1) is 11.9. The summed E-state index contributed by atoms with van der Waals surface area (Å²) in [5.74, 6) is 1.27. The van der Waals surface area contributed by atoms with Crippen molar-refractivity contribution in [1.29, 1.82) is 0 Å². The van der Waals surface area contributed by atoms with Crippen molar-refractivity contribution < 1.29 is 9.84 Å². The van der Waals surface area contributed by atoms with Gasteiger partial charge in [-0.2, -0.15) is 0 Å². The van der Waals surface area contributed by atoms with E-state index in [0.29, 0.717) is 5.75 Å². The van der Waals surface area contributed by atoms with Crippen molar-refractivity contribution in [3.63, 3.8) is 0 Å². The van der Waals surface area contributed by atoms with Crippen molar-refractivity contribution >= 4 is 0 Å². The van der Waals surface area contributed by atoms with E-state index in [1.54, 1.807) is 6.07 Å². The highest BCUT2D eigenvalue weighted by Gasteiger charge is 2.08. The molecule has 1 aromatic carbocycles. The minimum Gasteiger partial charge on any atom is -0.508 e. The lowest BCUT2D eigenvalue weighted by Gasteiger charge is -2.12. The Labute approximate surface area is 91.9 Å². The van der Waals surface area contributed by atoms with E-state index in [4.69, 9.17) is 4.74 Å². The Morgan fingerprint density at radius 3 is 2.60 bits per heavy atom. The van der Waals surface area contributed by atoms with Crippen LogP contribution in [0.5, 0.6) is 11.5 Å². The standard InChI is InChI=1S/C13H20O2/c1-4-6-9-15-13-8-7-12(14)11(5-2)10(13)3/h7-8,14H,4-6,9H2,1-3H3. The molecule has 1 aromatic rings. The Kier molecular flexibility index (Phi) is 4.47. The van der Waals surface area contributed by atoms with Gasteiger partial charge in [0.15, 0.2) is 0 Å². The van der Waals surface area contributed by atoms with E-state index in [9.17, 15) is 5.11 Å². The molecule has 2 heteroatoms. The smallest absolute Gasteiger partial charge is 0.122 e. The average molecular weight is 208 g/mol. The van der Waals surface area contributed by atoms with Crippen LogP contribution in [0, 0.1) is 6.92 Å². The summed E-state index contributed by atoms with van der Waals surface area (Å²) in [6.07, 6.45) is 3.04. The van der Waals surface area contributed by atoms with Gasteiger partial charge in [-0.25, -0.2) is 0 Å². The van der Waals surface area contributed by atoms with Crippen molar-refractivity contribution in [3.05, 3.63) is 23.3 Å². The van der Waals surface area contributed by atoms with E-state index in [2.05, 4.69) is 6.92 Å². The van der Waals surface area contributed by atoms with Gasteiger partial charge in [0.1, 0.15) is 11.5 Å². The van der Waals surface area contributed by atoms with Crippen LogP contribution in [0.2, 0.25) is 0 Å². The summed E-state index contributed by atoms with van der Waals surface area (Å²) in [6.45, 7) is 6.94. The molecule has 0 bridgehead atoms. The molecule has 0 atom stereocenters. The lowest BCUT2D eigenvalue weighted by atomic mass is 10.0. The lowest BCUT2D eigenvalue weighted by Crippen LogP contribution is -2.00. The maximum absolute atomic E-state index is 9.63. The molecule has 0 unspecified atom stereocenters. The van der Waals surface area contributed by atoms with Crippen LogP contribution >= 0.6 is 0 Å². The normalized spacial score (nSPS) is 10.3. The molecule has 2 nitrogen and oxygen atoms in total. The molecule has 0 radical (unpaired) electrons. The molecular formula is C13H20O2. The van der Waals surface area contributed by atoms with Gasteiger partial charge in [-0.3, -0.25) is 0 Å². The largest absolute Gasteiger partial charge is 0.508 e. The van der Waals surface area contributed by atoms with Crippen LogP contribution < -0.4 is 4.74 Å². The minimum atomic E-state index is 0.373. The molecule has 84 valence electrons. The number of hydrogen-bond acceptors (Lipinski definition) is 2. The summed E-state index contributed by atoms with van der Waals surface area (Å²) in [5.41, 5.74) is 2.05. The van der Waals surface area contributed by atoms with E-state index in [0.717, 1.165) is 42.7 Å². The summed E-state index contributed by atoms with van der Waals surface area (Å²) in [4.78, 5) is 0. The number of ether oxygens (including phenoxy) is 1. The topological polar surface area (TPSA) is 29.5 Å². The fourth-order valence-corrected chi connectivity index (χ4v) is 1.65. The Morgan fingerprint density at radius 2 is 2.00 bits per heavy atom. The summed E-state index contributed by atoms with van der Waals surface area (Å²) in [5, 5.41) is 9.63. The second-order valence-corrected chi connectivity index (χ2v) is 3.74. The van der Waals surface area contributed by atoms with Crippen molar-refractivity contribution in [1.82, 2.24) is 0 Å². The third-order valence-corrected chi connectivity index (χ3v) is 2.63. The lowest BCUT2D eigenvalue weighted by molar-refractivity contribution is 0.306. The number of phenols is 1. The molecule has 0 heterocycles. The molecule has 0 amide bonds. The van der Waals surface area contributed by atoms with Crippen LogP contribution in [0.25, 0.3) is 0 Å². The van der Waals surface area contributed by atoms with Crippen LogP contribution in [0.4, 0.5) is 0 Å². The van der Waals surface area contributed by atoms with Crippen molar-refractivity contribution in [2.45, 2.75) is 40.0 Å². The first-order chi connectivity index (χ1) is 7.20. The van der Waals surface area contributed by atoms with Crippen molar-refractivity contribution in [3.8, 4) is 11.5 Å². The van der Waals surface area contributed by atoms with E-state index in [1.807, 2.05) is 19.9 Å². The molecule has 15 heavy (non-hydrogen) atoms. The van der Waals surface area contributed by atoms with Crippen LogP contribution in [-0.2, 0) is 6.42 Å². The van der Waals surface area contributed by atoms with Gasteiger partial charge >= 0.3 is 0 Å². The van der Waals surface area contributed by atoms with Gasteiger partial charge in [-0.05, 0) is 37.5 Å². The molecular weight excluding hydrogens is 188 g/mol. The maximum Gasteiger partial charge on any atom is 0.122 e. The zero-order valence-corrected chi connectivity index (χ0v) is 9.84. The second kappa shape index (κ2) is 5.64. The predicted octanol–water partition coefficient (Wildman–Crippen LogP) is 3.44. The molecule has 0 saturated heterocycles. The molecule has 0 aliphatic heterocycles. The Morgan fingerprint density at radius 1 is 1.27 bits per heavy atom. The zero-order chi connectivity index (χ0) is 11.3. The molecule has 0 fully saturated rings. The Balaban J connectivity index is 2.80. The summed E-state index contributed by atoms with van der Waals surface area (Å²) in [6, 6.07) is 3.56. The zero-order valence-electron chi connectivity index (χ0n) is 9.84. The SMILES string of the molecule is CCCCOc1ccc(O)c(CC)c1C. The molecule has 0 saturated carbocycles. The first-order valence-electron chi connectivity index (χ1n) is 5.64. The van der Waals surface area contributed by atoms with Crippen LogP contribution in [-0.4, -0.2) is 11.7 Å². The van der Waals surface area contributed by atoms with E-state index >= 15 is 0 Å². The Hall–Kier alpha value is -1.18. The third kappa shape index (κ3) is 2.88. The summed E-state index contributed by atoms with van der Waals surface area (Å²) >= 11 is 0. The second-order valence-electron chi connectivity index (χ2n) is 3.74. The monoisotopic (exact) mass is 208 g/mol. The quantitative estimate of drug-likeness (QED) is 0.751. The number of rotatable bonds is 5. The van der Waals surface area contributed by atoms with Crippen LogP contribution in [0.1, 0.15) is 37.8 Å². The van der Waals surface area contributed by atoms with Gasteiger partial charge < -0.3 is 9.84 Å². The van der Waals surface area contributed by atoms with Crippen molar-refractivity contribution in [2.24, 2.45) is 0 Å². The molecule has 1 N–H and O–H groups in total. The maximum atomic E-state index is 9.63. The van der Waals surface area contributed by atoms with Gasteiger partial charge in [0, 0.05) is 5.56 Å². The number of benzene rings is 1. The van der Waals surface area contributed by atoms with Gasteiger partial charge in [0.2, 0.25) is 0 Å². The summed E-state index contributed by atoms with van der Waals surface area (Å²) < 4.78 is 5.66. The molecule has 0 aliphatic rings. The number of aromatic hydroxyl groups is 1. The minimum absolute atomic E-state index is 0.373. The van der Waals surface area contributed by atoms with Gasteiger partial charge in [0.25, 0.3) is 0 Å². The number of hydrogen-bond donors (Lipinski definition) is 1. The highest BCUT2D eigenvalue weighted by molar-refractivity contribution is 5.47. The molecule has 0 spiro atoms. The number of phenolic OH excluding ortho intramolecular Hbond substituents is 1. The summed E-state index contributed by atoms with van der Waals surface area (Å²) in [7, 11) is 0. The van der Waals surface area contributed by atoms with Crippen LogP contribution in [0.3, 0.4) is 0 Å². The highest BCUT2D eigenvalue weighted by atomic mass is 16.5. The van der Waals surface area contributed by atoms with Gasteiger partial charge in [-0.1, -0.05) is 20.3 Å². The van der Waals surface area contributed by atoms with Gasteiger partial charge in [0.05, 0.1) is 6.61 Å². The molecule has 1 rings (SSSR count). The van der Waals surface area contributed by atoms with Crippen LogP contribution in [0.15, 0.2) is 12.1 Å². The molecule has 0 aliphatic carbocycles. The average Bonchev–Trinajstić information content (AvgIpc) is 2.22. The third-order valence-electron chi connectivity index (χ3n) is 2.63. The highest BCUT2D eigenvalue weighted by Crippen LogP contribution is 2.29. The first-order valence-corrected chi connectivity index (χ1v) is 5.64.